The van der Waals surface area contributed by atoms with Gasteiger partial charge in [-0.15, -0.1) is 0 Å². The molecule has 1 rings (SSSR count). The lowest BCUT2D eigenvalue weighted by Crippen LogP contribution is -2.20. The highest BCUT2D eigenvalue weighted by molar-refractivity contribution is 7.92. The van der Waals surface area contributed by atoms with E-state index in [2.05, 4.69) is 19.6 Å². The second-order valence-electron chi connectivity index (χ2n) is 5.11. The molecule has 0 bridgehead atoms. The summed E-state index contributed by atoms with van der Waals surface area (Å²) in [4.78, 5) is 0.349. The molecule has 2 atom stereocenters. The largest absolute Gasteiger partial charge is 0.494 e. The zero-order chi connectivity index (χ0) is 15.2. The lowest BCUT2D eigenvalue weighted by atomic mass is 10.3. The van der Waals surface area contributed by atoms with Gasteiger partial charge in [-0.25, -0.2) is 8.42 Å². The van der Waals surface area contributed by atoms with Crippen LogP contribution < -0.4 is 4.74 Å². The van der Waals surface area contributed by atoms with Crippen molar-refractivity contribution in [2.75, 3.05) is 6.61 Å². The highest BCUT2D eigenvalue weighted by Gasteiger charge is 2.24. The second-order valence-corrected chi connectivity index (χ2v) is 8.36. The third kappa shape index (κ3) is 5.02. The van der Waals surface area contributed by atoms with Gasteiger partial charge < -0.3 is 4.74 Å². The third-order valence-corrected chi connectivity index (χ3v) is 5.51. The first kappa shape index (κ1) is 17.4. The number of unbranched alkanes of at least 4 members (excludes halogenated alkanes) is 1. The fraction of sp³-hybridized carbons (Fsp3) is 0.600. The van der Waals surface area contributed by atoms with Crippen LogP contribution in [0.4, 0.5) is 0 Å². The molecule has 0 N–H and O–H groups in total. The van der Waals surface area contributed by atoms with Crippen LogP contribution in [0.2, 0.25) is 0 Å². The molecule has 1 aromatic rings. The number of rotatable bonds is 8. The summed E-state index contributed by atoms with van der Waals surface area (Å²) in [6, 6.07) is 6.69. The monoisotopic (exact) mass is 316 g/mol. The molecular formula is C15H24O3S2. The summed E-state index contributed by atoms with van der Waals surface area (Å²) in [5.41, 5.74) is 0. The molecule has 114 valence electrons. The SMILES string of the molecule is CCCCOc1ccc(S(=O)(=O)C(C)CC(C)S)cc1. The molecule has 0 saturated carbocycles. The standard InChI is InChI=1S/C15H24O3S2/c1-4-5-10-18-14-6-8-15(9-7-14)20(16,17)13(3)11-12(2)19/h6-9,12-13,19H,4-5,10-11H2,1-3H3. The molecule has 0 aliphatic rings. The summed E-state index contributed by atoms with van der Waals surface area (Å²) in [5, 5.41) is -0.363. The van der Waals surface area contributed by atoms with Crippen LogP contribution in [0.5, 0.6) is 5.75 Å². The summed E-state index contributed by atoms with van der Waals surface area (Å²) in [7, 11) is -3.28. The van der Waals surface area contributed by atoms with Crippen LogP contribution in [0.25, 0.3) is 0 Å². The van der Waals surface area contributed by atoms with Crippen molar-refractivity contribution < 1.29 is 13.2 Å². The minimum absolute atomic E-state index is 0.0661. The van der Waals surface area contributed by atoms with Gasteiger partial charge in [-0.05, 0) is 44.0 Å². The van der Waals surface area contributed by atoms with Crippen LogP contribution in [-0.2, 0) is 9.84 Å². The molecule has 0 aromatic heterocycles. The van der Waals surface area contributed by atoms with Gasteiger partial charge in [0.05, 0.1) is 16.8 Å². The van der Waals surface area contributed by atoms with Crippen molar-refractivity contribution in [3.63, 3.8) is 0 Å². The molecule has 0 saturated heterocycles. The summed E-state index contributed by atoms with van der Waals surface area (Å²) in [6.07, 6.45) is 2.61. The van der Waals surface area contributed by atoms with Crippen LogP contribution in [0.15, 0.2) is 29.2 Å². The van der Waals surface area contributed by atoms with Crippen LogP contribution in [0, 0.1) is 0 Å². The first-order valence-corrected chi connectivity index (χ1v) is 9.09. The quantitative estimate of drug-likeness (QED) is 0.587. The van der Waals surface area contributed by atoms with Crippen molar-refractivity contribution >= 4 is 22.5 Å². The summed E-state index contributed by atoms with van der Waals surface area (Å²) < 4.78 is 30.3. The minimum Gasteiger partial charge on any atom is -0.494 e. The second kappa shape index (κ2) is 7.93. The number of ether oxygens (including phenoxy) is 1. The van der Waals surface area contributed by atoms with Gasteiger partial charge in [-0.3, -0.25) is 0 Å². The van der Waals surface area contributed by atoms with Crippen LogP contribution in [0.3, 0.4) is 0 Å². The maximum Gasteiger partial charge on any atom is 0.180 e. The lowest BCUT2D eigenvalue weighted by molar-refractivity contribution is 0.309. The Morgan fingerprint density at radius 2 is 1.80 bits per heavy atom. The van der Waals surface area contributed by atoms with E-state index in [1.54, 1.807) is 31.2 Å². The predicted octanol–water partition coefficient (Wildman–Crippen LogP) is 3.74. The van der Waals surface area contributed by atoms with Gasteiger partial charge in [0.2, 0.25) is 0 Å². The van der Waals surface area contributed by atoms with Gasteiger partial charge in [0.15, 0.2) is 9.84 Å². The molecule has 20 heavy (non-hydrogen) atoms. The van der Waals surface area contributed by atoms with E-state index in [0.717, 1.165) is 12.8 Å². The molecule has 0 amide bonds. The number of benzene rings is 1. The Morgan fingerprint density at radius 1 is 1.20 bits per heavy atom. The van der Waals surface area contributed by atoms with Crippen molar-refractivity contribution in [1.82, 2.24) is 0 Å². The van der Waals surface area contributed by atoms with Crippen LogP contribution in [-0.4, -0.2) is 25.5 Å². The maximum absolute atomic E-state index is 12.4. The summed E-state index contributed by atoms with van der Waals surface area (Å²) >= 11 is 4.26. The molecular weight excluding hydrogens is 292 g/mol. The lowest BCUT2D eigenvalue weighted by Gasteiger charge is -2.15. The normalized spacial score (nSPS) is 14.8. The van der Waals surface area contributed by atoms with Gasteiger partial charge in [-0.1, -0.05) is 20.3 Å². The topological polar surface area (TPSA) is 43.4 Å². The highest BCUT2D eigenvalue weighted by atomic mass is 32.2. The fourth-order valence-electron chi connectivity index (χ4n) is 1.90. The smallest absolute Gasteiger partial charge is 0.180 e. The van der Waals surface area contributed by atoms with Crippen molar-refractivity contribution in [2.24, 2.45) is 0 Å². The Bertz CT molecular complexity index is 492. The molecule has 0 aliphatic heterocycles. The van der Waals surface area contributed by atoms with Crippen molar-refractivity contribution in [1.29, 1.82) is 0 Å². The number of hydrogen-bond donors (Lipinski definition) is 1. The number of hydrogen-bond acceptors (Lipinski definition) is 4. The van der Waals surface area contributed by atoms with E-state index < -0.39 is 15.1 Å². The van der Waals surface area contributed by atoms with E-state index in [9.17, 15) is 8.42 Å². The van der Waals surface area contributed by atoms with E-state index >= 15 is 0 Å². The first-order chi connectivity index (χ1) is 9.37. The van der Waals surface area contributed by atoms with Crippen molar-refractivity contribution in [3.05, 3.63) is 24.3 Å². The molecule has 0 spiro atoms. The average molecular weight is 316 g/mol. The first-order valence-electron chi connectivity index (χ1n) is 7.02. The molecule has 5 heteroatoms. The molecule has 2 unspecified atom stereocenters. The Balaban J connectivity index is 2.76. The molecule has 0 fully saturated rings. The predicted molar refractivity (Wildman–Crippen MR) is 86.6 cm³/mol. The molecule has 0 aliphatic carbocycles. The van der Waals surface area contributed by atoms with Gasteiger partial charge in [0, 0.05) is 5.25 Å². The van der Waals surface area contributed by atoms with Gasteiger partial charge in [0.25, 0.3) is 0 Å². The average Bonchev–Trinajstić information content (AvgIpc) is 2.39. The zero-order valence-electron chi connectivity index (χ0n) is 12.4. The van der Waals surface area contributed by atoms with Gasteiger partial charge >= 0.3 is 0 Å². The Kier molecular flexibility index (Phi) is 6.89. The zero-order valence-corrected chi connectivity index (χ0v) is 14.1. The van der Waals surface area contributed by atoms with Gasteiger partial charge in [-0.2, -0.15) is 12.6 Å². The molecule has 0 radical (unpaired) electrons. The highest BCUT2D eigenvalue weighted by Crippen LogP contribution is 2.23. The van der Waals surface area contributed by atoms with E-state index in [1.807, 2.05) is 6.92 Å². The van der Waals surface area contributed by atoms with E-state index in [4.69, 9.17) is 4.74 Å². The Hall–Kier alpha value is -0.680. The van der Waals surface area contributed by atoms with Crippen molar-refractivity contribution in [2.45, 2.75) is 55.4 Å². The van der Waals surface area contributed by atoms with E-state index in [0.29, 0.717) is 23.7 Å². The fourth-order valence-corrected chi connectivity index (χ4v) is 3.88. The van der Waals surface area contributed by atoms with E-state index in [1.165, 1.54) is 0 Å². The van der Waals surface area contributed by atoms with E-state index in [-0.39, 0.29) is 5.25 Å². The Morgan fingerprint density at radius 3 is 2.30 bits per heavy atom. The molecule has 1 aromatic carbocycles. The van der Waals surface area contributed by atoms with Crippen LogP contribution in [0.1, 0.15) is 40.0 Å². The number of thiol groups is 1. The summed E-state index contributed by atoms with van der Waals surface area (Å²) in [6.45, 7) is 6.40. The Labute approximate surface area is 128 Å². The summed E-state index contributed by atoms with van der Waals surface area (Å²) in [5.74, 6) is 0.715. The third-order valence-electron chi connectivity index (χ3n) is 3.12. The van der Waals surface area contributed by atoms with Crippen LogP contribution >= 0.6 is 12.6 Å². The maximum atomic E-state index is 12.4. The minimum atomic E-state index is -3.28. The van der Waals surface area contributed by atoms with Crippen molar-refractivity contribution in [3.8, 4) is 5.75 Å². The molecule has 0 heterocycles. The number of sulfone groups is 1. The molecule has 3 nitrogen and oxygen atoms in total. The van der Waals surface area contributed by atoms with Gasteiger partial charge in [0.1, 0.15) is 5.75 Å².